The number of aliphatic hydroxyl groups is 1. The zero-order valence-electron chi connectivity index (χ0n) is 16.1. The number of hydrogen-bond donors (Lipinski definition) is 2. The molecule has 1 aromatic carbocycles. The molecule has 0 aromatic heterocycles. The van der Waals surface area contributed by atoms with E-state index in [4.69, 9.17) is 21.1 Å². The summed E-state index contributed by atoms with van der Waals surface area (Å²) in [6.07, 6.45) is 0.439. The van der Waals surface area contributed by atoms with Gasteiger partial charge in [-0.15, -0.1) is 24.0 Å². The number of nitrogens with zero attached hydrogens (tertiary/aromatic N) is 2. The summed E-state index contributed by atoms with van der Waals surface area (Å²) in [7, 11) is 1.68. The second-order valence-electron chi connectivity index (χ2n) is 6.43. The largest absolute Gasteiger partial charge is 0.386 e. The van der Waals surface area contributed by atoms with E-state index in [1.165, 1.54) is 0 Å². The molecule has 2 unspecified atom stereocenters. The first-order valence-electron chi connectivity index (χ1n) is 9.17. The van der Waals surface area contributed by atoms with E-state index >= 15 is 0 Å². The Kier molecular flexibility index (Phi) is 12.3. The normalized spacial score (nSPS) is 18.3. The van der Waals surface area contributed by atoms with Gasteiger partial charge in [-0.1, -0.05) is 23.7 Å². The molecule has 0 spiro atoms. The zero-order chi connectivity index (χ0) is 18.8. The van der Waals surface area contributed by atoms with Crippen molar-refractivity contribution in [3.8, 4) is 0 Å². The molecule has 0 bridgehead atoms. The van der Waals surface area contributed by atoms with Gasteiger partial charge in [0.15, 0.2) is 5.96 Å². The van der Waals surface area contributed by atoms with Crippen molar-refractivity contribution in [3.05, 3.63) is 34.9 Å². The SMILES string of the molecule is CCNC(=NCC(O)c1ccc(Cl)cc1)N1CCC(COCCOC)C1.I. The predicted molar refractivity (Wildman–Crippen MR) is 120 cm³/mol. The molecule has 27 heavy (non-hydrogen) atoms. The Hall–Kier alpha value is -0.610. The summed E-state index contributed by atoms with van der Waals surface area (Å²) in [5.74, 6) is 1.34. The lowest BCUT2D eigenvalue weighted by molar-refractivity contribution is 0.0536. The summed E-state index contributed by atoms with van der Waals surface area (Å²) in [4.78, 5) is 6.86. The molecule has 0 amide bonds. The number of nitrogens with one attached hydrogen (secondary N) is 1. The molecule has 0 saturated carbocycles. The first kappa shape index (κ1) is 24.4. The van der Waals surface area contributed by atoms with E-state index in [1.54, 1.807) is 19.2 Å². The summed E-state index contributed by atoms with van der Waals surface area (Å²) in [6, 6.07) is 7.23. The first-order chi connectivity index (χ1) is 12.6. The predicted octanol–water partition coefficient (Wildman–Crippen LogP) is 2.94. The van der Waals surface area contributed by atoms with E-state index < -0.39 is 6.10 Å². The Labute approximate surface area is 184 Å². The minimum atomic E-state index is -0.642. The van der Waals surface area contributed by atoms with Gasteiger partial charge in [-0.2, -0.15) is 0 Å². The van der Waals surface area contributed by atoms with E-state index in [1.807, 2.05) is 19.1 Å². The number of rotatable bonds is 9. The Morgan fingerprint density at radius 2 is 2.11 bits per heavy atom. The molecule has 1 aromatic rings. The van der Waals surface area contributed by atoms with Crippen molar-refractivity contribution in [2.45, 2.75) is 19.4 Å². The minimum absolute atomic E-state index is 0. The number of benzene rings is 1. The lowest BCUT2D eigenvalue weighted by atomic mass is 10.1. The van der Waals surface area contributed by atoms with Gasteiger partial charge in [-0.25, -0.2) is 0 Å². The van der Waals surface area contributed by atoms with Crippen LogP contribution in [0.15, 0.2) is 29.3 Å². The van der Waals surface area contributed by atoms with Crippen molar-refractivity contribution in [2.24, 2.45) is 10.9 Å². The smallest absolute Gasteiger partial charge is 0.194 e. The molecule has 8 heteroatoms. The molecule has 1 aliphatic heterocycles. The summed E-state index contributed by atoms with van der Waals surface area (Å²) in [6.45, 7) is 7.02. The molecule has 1 fully saturated rings. The van der Waals surface area contributed by atoms with E-state index in [2.05, 4.69) is 15.2 Å². The molecule has 2 N–H and O–H groups in total. The summed E-state index contributed by atoms with van der Waals surface area (Å²) >= 11 is 5.90. The third-order valence-corrected chi connectivity index (χ3v) is 4.63. The maximum Gasteiger partial charge on any atom is 0.194 e. The van der Waals surface area contributed by atoms with Gasteiger partial charge < -0.3 is 24.8 Å². The molecule has 1 heterocycles. The highest BCUT2D eigenvalue weighted by Crippen LogP contribution is 2.19. The van der Waals surface area contributed by atoms with Crippen LogP contribution in [-0.4, -0.2) is 69.1 Å². The highest BCUT2D eigenvalue weighted by Gasteiger charge is 2.25. The third-order valence-electron chi connectivity index (χ3n) is 4.37. The molecule has 6 nitrogen and oxygen atoms in total. The van der Waals surface area contributed by atoms with Crippen molar-refractivity contribution in [3.63, 3.8) is 0 Å². The highest BCUT2D eigenvalue weighted by molar-refractivity contribution is 14.0. The quantitative estimate of drug-likeness (QED) is 0.231. The fraction of sp³-hybridized carbons (Fsp3) is 0.632. The van der Waals surface area contributed by atoms with Gasteiger partial charge >= 0.3 is 0 Å². The molecule has 1 saturated heterocycles. The third kappa shape index (κ3) is 8.51. The van der Waals surface area contributed by atoms with Crippen LogP contribution in [0.2, 0.25) is 5.02 Å². The number of methoxy groups -OCH3 is 1. The number of hydrogen-bond acceptors (Lipinski definition) is 4. The van der Waals surface area contributed by atoms with Crippen molar-refractivity contribution < 1.29 is 14.6 Å². The fourth-order valence-electron chi connectivity index (χ4n) is 2.94. The Morgan fingerprint density at radius 3 is 2.78 bits per heavy atom. The van der Waals surface area contributed by atoms with Gasteiger partial charge in [0.25, 0.3) is 0 Å². The van der Waals surface area contributed by atoms with Crippen molar-refractivity contribution in [1.82, 2.24) is 10.2 Å². The average Bonchev–Trinajstić information content (AvgIpc) is 3.11. The monoisotopic (exact) mass is 511 g/mol. The van der Waals surface area contributed by atoms with Crippen LogP contribution in [-0.2, 0) is 9.47 Å². The molecule has 1 aliphatic rings. The summed E-state index contributed by atoms with van der Waals surface area (Å²) in [5.41, 5.74) is 0.819. The lowest BCUT2D eigenvalue weighted by Gasteiger charge is -2.22. The molecule has 154 valence electrons. The van der Waals surface area contributed by atoms with Crippen LogP contribution in [0.3, 0.4) is 0 Å². The van der Waals surface area contributed by atoms with Crippen molar-refractivity contribution >= 4 is 41.5 Å². The summed E-state index contributed by atoms with van der Waals surface area (Å²) < 4.78 is 10.6. The molecule has 2 rings (SSSR count). The standard InChI is InChI=1S/C19H30ClN3O3.HI/c1-3-21-19(22-12-18(24)16-4-6-17(20)7-5-16)23-9-8-15(13-23)14-26-11-10-25-2;/h4-7,15,18,24H,3,8-14H2,1-2H3,(H,21,22);1H. The Balaban J connectivity index is 0.00000364. The molecule has 0 aliphatic carbocycles. The van der Waals surface area contributed by atoms with Crippen LogP contribution >= 0.6 is 35.6 Å². The highest BCUT2D eigenvalue weighted by atomic mass is 127. The van der Waals surface area contributed by atoms with Crippen LogP contribution in [0, 0.1) is 5.92 Å². The number of ether oxygens (including phenoxy) is 2. The van der Waals surface area contributed by atoms with Crippen LogP contribution in [0.4, 0.5) is 0 Å². The average molecular weight is 512 g/mol. The number of aliphatic hydroxyl groups excluding tert-OH is 1. The van der Waals surface area contributed by atoms with Crippen molar-refractivity contribution in [2.75, 3.05) is 53.1 Å². The molecule has 2 atom stereocenters. The van der Waals surface area contributed by atoms with E-state index in [-0.39, 0.29) is 24.0 Å². The number of likely N-dealkylation sites (tertiary alicyclic amines) is 1. The Morgan fingerprint density at radius 1 is 1.37 bits per heavy atom. The van der Waals surface area contributed by atoms with Gasteiger partial charge in [0.2, 0.25) is 0 Å². The van der Waals surface area contributed by atoms with Gasteiger partial charge in [0, 0.05) is 37.7 Å². The van der Waals surface area contributed by atoms with E-state index in [0.29, 0.717) is 30.7 Å². The zero-order valence-corrected chi connectivity index (χ0v) is 19.2. The first-order valence-corrected chi connectivity index (χ1v) is 9.55. The van der Waals surface area contributed by atoms with Crippen molar-refractivity contribution in [1.29, 1.82) is 0 Å². The maximum absolute atomic E-state index is 10.4. The topological polar surface area (TPSA) is 66.3 Å². The number of aliphatic imine (C=N–C) groups is 1. The minimum Gasteiger partial charge on any atom is -0.386 e. The molecule has 0 radical (unpaired) electrons. The fourth-order valence-corrected chi connectivity index (χ4v) is 3.07. The Bertz CT molecular complexity index is 560. The van der Waals surface area contributed by atoms with Gasteiger partial charge in [0.05, 0.1) is 32.5 Å². The van der Waals surface area contributed by atoms with Gasteiger partial charge in [-0.3, -0.25) is 4.99 Å². The van der Waals surface area contributed by atoms with Gasteiger partial charge in [0.1, 0.15) is 0 Å². The van der Waals surface area contributed by atoms with Crippen LogP contribution in [0.25, 0.3) is 0 Å². The second kappa shape index (κ2) is 13.5. The summed E-state index contributed by atoms with van der Waals surface area (Å²) in [5, 5.41) is 14.3. The molecular weight excluding hydrogens is 481 g/mol. The van der Waals surface area contributed by atoms with Crippen LogP contribution in [0.5, 0.6) is 0 Å². The van der Waals surface area contributed by atoms with E-state index in [9.17, 15) is 5.11 Å². The van der Waals surface area contributed by atoms with Gasteiger partial charge in [-0.05, 0) is 31.0 Å². The molecular formula is C19H31ClIN3O3. The lowest BCUT2D eigenvalue weighted by Crippen LogP contribution is -2.40. The second-order valence-corrected chi connectivity index (χ2v) is 6.87. The number of halogens is 2. The maximum atomic E-state index is 10.4. The van der Waals surface area contributed by atoms with E-state index in [0.717, 1.165) is 44.2 Å². The number of guanidine groups is 1. The van der Waals surface area contributed by atoms with Crippen LogP contribution in [0.1, 0.15) is 25.0 Å². The van der Waals surface area contributed by atoms with Crippen LogP contribution < -0.4 is 5.32 Å².